The van der Waals surface area contributed by atoms with Gasteiger partial charge in [-0.05, 0) is 20.3 Å². The molecule has 0 spiro atoms. The van der Waals surface area contributed by atoms with E-state index in [1.165, 1.54) is 6.92 Å². The van der Waals surface area contributed by atoms with Crippen molar-refractivity contribution in [1.82, 2.24) is 0 Å². The molecule has 0 bridgehead atoms. The van der Waals surface area contributed by atoms with Gasteiger partial charge in [0.1, 0.15) is 12.2 Å². The Balaban J connectivity index is 0. The Labute approximate surface area is 77.0 Å². The zero-order valence-electron chi connectivity index (χ0n) is 7.86. The molecule has 78 valence electrons. The number of hydrogen-bond donors (Lipinski definition) is 3. The van der Waals surface area contributed by atoms with E-state index in [9.17, 15) is 9.59 Å². The lowest BCUT2D eigenvalue weighted by molar-refractivity contribution is -0.139. The number of ketones is 1. The molecule has 0 saturated carbocycles. The number of carbonyl (C=O) groups is 2. The molecular formula is C8H16O5. The minimum absolute atomic E-state index is 0.0810. The van der Waals surface area contributed by atoms with Crippen LogP contribution >= 0.6 is 0 Å². The number of rotatable bonds is 4. The van der Waals surface area contributed by atoms with Crippen LogP contribution in [-0.4, -0.2) is 39.8 Å². The van der Waals surface area contributed by atoms with Crippen LogP contribution in [0.2, 0.25) is 0 Å². The van der Waals surface area contributed by atoms with Gasteiger partial charge in [0.05, 0.1) is 6.10 Å². The van der Waals surface area contributed by atoms with Crippen molar-refractivity contribution in [3.63, 3.8) is 0 Å². The average molecular weight is 192 g/mol. The number of aliphatic hydroxyl groups is 2. The summed E-state index contributed by atoms with van der Waals surface area (Å²) in [5.74, 6) is -1.37. The van der Waals surface area contributed by atoms with E-state index >= 15 is 0 Å². The molecule has 0 aliphatic rings. The lowest BCUT2D eigenvalue weighted by Gasteiger charge is -1.95. The zero-order chi connectivity index (χ0) is 10.9. The van der Waals surface area contributed by atoms with Gasteiger partial charge in [-0.1, -0.05) is 0 Å². The summed E-state index contributed by atoms with van der Waals surface area (Å²) in [6.45, 7) is 2.97. The summed E-state index contributed by atoms with van der Waals surface area (Å²) < 4.78 is 0. The van der Waals surface area contributed by atoms with Crippen LogP contribution in [0.4, 0.5) is 0 Å². The summed E-state index contributed by atoms with van der Waals surface area (Å²) in [5.41, 5.74) is 0. The Morgan fingerprint density at radius 3 is 1.85 bits per heavy atom. The third-order valence-corrected chi connectivity index (χ3v) is 0.947. The summed E-state index contributed by atoms with van der Waals surface area (Å²) in [5, 5.41) is 24.3. The van der Waals surface area contributed by atoms with E-state index in [0.717, 1.165) is 0 Å². The first-order chi connectivity index (χ1) is 5.90. The molecule has 3 N–H and O–H groups in total. The molecule has 0 aliphatic heterocycles. The van der Waals surface area contributed by atoms with E-state index in [0.29, 0.717) is 6.42 Å². The lowest BCUT2D eigenvalue weighted by Crippen LogP contribution is -2.00. The van der Waals surface area contributed by atoms with E-state index in [2.05, 4.69) is 0 Å². The Morgan fingerprint density at radius 2 is 1.85 bits per heavy atom. The van der Waals surface area contributed by atoms with Gasteiger partial charge < -0.3 is 15.3 Å². The maximum Gasteiger partial charge on any atom is 0.310 e. The Hall–Kier alpha value is -0.940. The number of aliphatic carboxylic acids is 1. The molecular weight excluding hydrogens is 176 g/mol. The number of carboxylic acid groups (broad SMARTS) is 1. The van der Waals surface area contributed by atoms with Gasteiger partial charge in [-0.3, -0.25) is 9.59 Å². The van der Waals surface area contributed by atoms with Gasteiger partial charge in [0.15, 0.2) is 0 Å². The van der Waals surface area contributed by atoms with Gasteiger partial charge in [-0.2, -0.15) is 0 Å². The lowest BCUT2D eigenvalue weighted by atomic mass is 10.3. The highest BCUT2D eigenvalue weighted by Gasteiger charge is 1.98. The largest absolute Gasteiger partial charge is 0.481 e. The van der Waals surface area contributed by atoms with Crippen LogP contribution < -0.4 is 0 Å². The third kappa shape index (κ3) is 24.7. The molecule has 1 atom stereocenters. The molecule has 0 aliphatic carbocycles. The highest BCUT2D eigenvalue weighted by molar-refractivity contribution is 5.93. The van der Waals surface area contributed by atoms with Crippen LogP contribution in [0.3, 0.4) is 0 Å². The number of carboxylic acids is 1. The molecule has 0 fully saturated rings. The SMILES string of the molecule is CC(=O)CC(=O)O.CC(O)CCO. The molecule has 5 nitrogen and oxygen atoms in total. The van der Waals surface area contributed by atoms with E-state index in [-0.39, 0.29) is 24.9 Å². The highest BCUT2D eigenvalue weighted by atomic mass is 16.4. The maximum absolute atomic E-state index is 9.87. The topological polar surface area (TPSA) is 94.8 Å². The fourth-order valence-electron chi connectivity index (χ4n) is 0.400. The monoisotopic (exact) mass is 192 g/mol. The van der Waals surface area contributed by atoms with Gasteiger partial charge in [-0.15, -0.1) is 0 Å². The Kier molecular flexibility index (Phi) is 10.3. The van der Waals surface area contributed by atoms with Crippen LogP contribution in [0.25, 0.3) is 0 Å². The predicted octanol–water partition coefficient (Wildman–Crippen LogP) is -0.200. The van der Waals surface area contributed by atoms with Gasteiger partial charge >= 0.3 is 5.97 Å². The summed E-state index contributed by atoms with van der Waals surface area (Å²) in [4.78, 5) is 19.5. The van der Waals surface area contributed by atoms with Gasteiger partial charge in [0.25, 0.3) is 0 Å². The Bertz CT molecular complexity index is 141. The van der Waals surface area contributed by atoms with Crippen molar-refractivity contribution in [2.75, 3.05) is 6.61 Å². The minimum atomic E-state index is -1.06. The van der Waals surface area contributed by atoms with E-state index < -0.39 is 5.97 Å². The molecule has 0 heterocycles. The quantitative estimate of drug-likeness (QED) is 0.536. The molecule has 5 heteroatoms. The van der Waals surface area contributed by atoms with Crippen molar-refractivity contribution in [3.8, 4) is 0 Å². The first-order valence-corrected chi connectivity index (χ1v) is 3.90. The van der Waals surface area contributed by atoms with E-state index in [1.54, 1.807) is 6.92 Å². The number of aliphatic hydroxyl groups excluding tert-OH is 2. The van der Waals surface area contributed by atoms with Gasteiger partial charge in [0, 0.05) is 6.61 Å². The smallest absolute Gasteiger partial charge is 0.310 e. The first kappa shape index (κ1) is 14.6. The second-order valence-corrected chi connectivity index (χ2v) is 2.63. The second kappa shape index (κ2) is 9.15. The second-order valence-electron chi connectivity index (χ2n) is 2.63. The zero-order valence-corrected chi connectivity index (χ0v) is 7.86. The fraction of sp³-hybridized carbons (Fsp3) is 0.750. The van der Waals surface area contributed by atoms with Crippen molar-refractivity contribution in [2.24, 2.45) is 0 Å². The number of carbonyl (C=O) groups excluding carboxylic acids is 1. The van der Waals surface area contributed by atoms with Crippen molar-refractivity contribution in [1.29, 1.82) is 0 Å². The summed E-state index contributed by atoms with van der Waals surface area (Å²) in [6.07, 6.45) is -0.227. The number of hydrogen-bond acceptors (Lipinski definition) is 4. The van der Waals surface area contributed by atoms with Crippen LogP contribution in [0.15, 0.2) is 0 Å². The summed E-state index contributed by atoms with van der Waals surface area (Å²) in [6, 6.07) is 0. The fourth-order valence-corrected chi connectivity index (χ4v) is 0.400. The molecule has 1 unspecified atom stereocenters. The highest BCUT2D eigenvalue weighted by Crippen LogP contribution is 1.83. The molecule has 0 saturated heterocycles. The number of Topliss-reactive ketones (excluding diaryl/α,β-unsaturated/α-hetero) is 1. The van der Waals surface area contributed by atoms with E-state index in [1.807, 2.05) is 0 Å². The van der Waals surface area contributed by atoms with Crippen LogP contribution in [0.5, 0.6) is 0 Å². The van der Waals surface area contributed by atoms with E-state index in [4.69, 9.17) is 15.3 Å². The summed E-state index contributed by atoms with van der Waals surface area (Å²) in [7, 11) is 0. The predicted molar refractivity (Wildman–Crippen MR) is 46.3 cm³/mol. The standard InChI is InChI=1S/C4H6O3.C4H10O2/c1-3(5)2-4(6)7;1-4(6)2-3-5/h2H2,1H3,(H,6,7);4-6H,2-3H2,1H3. The van der Waals surface area contributed by atoms with Crippen molar-refractivity contribution in [2.45, 2.75) is 32.8 Å². The van der Waals surface area contributed by atoms with Gasteiger partial charge in [0.2, 0.25) is 0 Å². The van der Waals surface area contributed by atoms with Crippen LogP contribution in [0.1, 0.15) is 26.7 Å². The Morgan fingerprint density at radius 1 is 1.38 bits per heavy atom. The normalized spacial score (nSPS) is 11.1. The molecule has 0 radical (unpaired) electrons. The molecule has 0 aromatic carbocycles. The van der Waals surface area contributed by atoms with Crippen LogP contribution in [-0.2, 0) is 9.59 Å². The molecule has 13 heavy (non-hydrogen) atoms. The molecule has 0 aromatic heterocycles. The van der Waals surface area contributed by atoms with Gasteiger partial charge in [-0.25, -0.2) is 0 Å². The molecule has 0 aromatic rings. The molecule has 0 rings (SSSR count). The average Bonchev–Trinajstić information content (AvgIpc) is 1.83. The van der Waals surface area contributed by atoms with Crippen LogP contribution in [0, 0.1) is 0 Å². The van der Waals surface area contributed by atoms with Crippen molar-refractivity contribution < 1.29 is 24.9 Å². The van der Waals surface area contributed by atoms with Crippen molar-refractivity contribution in [3.05, 3.63) is 0 Å². The first-order valence-electron chi connectivity index (χ1n) is 3.90. The minimum Gasteiger partial charge on any atom is -0.481 e. The third-order valence-electron chi connectivity index (χ3n) is 0.947. The summed E-state index contributed by atoms with van der Waals surface area (Å²) >= 11 is 0. The van der Waals surface area contributed by atoms with Crippen molar-refractivity contribution >= 4 is 11.8 Å². The maximum atomic E-state index is 9.87. The molecule has 0 amide bonds.